The van der Waals surface area contributed by atoms with Crippen molar-refractivity contribution in [3.8, 4) is 0 Å². The monoisotopic (exact) mass is 197 g/mol. The Morgan fingerprint density at radius 2 is 2.71 bits per heavy atom. The van der Waals surface area contributed by atoms with Crippen LogP contribution in [0.1, 0.15) is 0 Å². The standard InChI is InChI=1S/C4H5S2Se/c1-5-4-6-2-3-7-4/h2-3H,1H3/q+1. The van der Waals surface area contributed by atoms with Crippen molar-refractivity contribution in [3.05, 3.63) is 10.3 Å². The molecule has 0 spiro atoms. The number of rotatable bonds is 1. The summed E-state index contributed by atoms with van der Waals surface area (Å²) in [5, 5.41) is 2.17. The van der Waals surface area contributed by atoms with Crippen molar-refractivity contribution in [1.82, 2.24) is 0 Å². The molecule has 1 aromatic heterocycles. The van der Waals surface area contributed by atoms with Crippen LogP contribution < -0.4 is 0 Å². The van der Waals surface area contributed by atoms with E-state index in [1.165, 1.54) is 0 Å². The van der Waals surface area contributed by atoms with Crippen molar-refractivity contribution < 1.29 is 0 Å². The van der Waals surface area contributed by atoms with Crippen molar-refractivity contribution in [3.63, 3.8) is 0 Å². The molecule has 3 heteroatoms. The molecule has 0 radical (unpaired) electrons. The van der Waals surface area contributed by atoms with Crippen LogP contribution in [0.25, 0.3) is 0 Å². The molecule has 1 rings (SSSR count). The molecule has 0 bridgehead atoms. The van der Waals surface area contributed by atoms with Crippen LogP contribution in [0.15, 0.2) is 13.4 Å². The Bertz CT molecular complexity index is 124. The normalized spacial score (nSPS) is 9.29. The van der Waals surface area contributed by atoms with Crippen LogP contribution in [-0.4, -0.2) is 20.8 Å². The minimum absolute atomic E-state index is 0.698. The number of thioether (sulfide) groups is 1. The van der Waals surface area contributed by atoms with Gasteiger partial charge in [-0.15, -0.1) is 0 Å². The maximum atomic E-state index is 2.25. The molecule has 1 aromatic rings. The van der Waals surface area contributed by atoms with Crippen molar-refractivity contribution in [2.75, 3.05) is 6.26 Å². The molecule has 7 heavy (non-hydrogen) atoms. The van der Waals surface area contributed by atoms with Gasteiger partial charge < -0.3 is 0 Å². The van der Waals surface area contributed by atoms with Crippen molar-refractivity contribution in [2.24, 2.45) is 0 Å². The molecule has 0 unspecified atom stereocenters. The minimum atomic E-state index is 0.698. The molecule has 0 aromatic carbocycles. The van der Waals surface area contributed by atoms with E-state index in [0.717, 1.165) is 0 Å². The van der Waals surface area contributed by atoms with Gasteiger partial charge in [-0.05, 0) is 0 Å². The summed E-state index contributed by atoms with van der Waals surface area (Å²) < 4.78 is 1.58. The molecule has 0 aliphatic carbocycles. The first kappa shape index (κ1) is 5.83. The molecule has 0 fully saturated rings. The zero-order valence-corrected chi connectivity index (χ0v) is 7.23. The fourth-order valence-corrected chi connectivity index (χ4v) is 4.03. The first-order chi connectivity index (χ1) is 3.43. The van der Waals surface area contributed by atoms with Gasteiger partial charge in [0, 0.05) is 0 Å². The molecule has 0 amide bonds. The molecule has 0 N–H and O–H groups in total. The predicted molar refractivity (Wildman–Crippen MR) is 37.4 cm³/mol. The molecule has 0 aliphatic rings. The quantitative estimate of drug-likeness (QED) is 0.375. The Morgan fingerprint density at radius 3 is 3.00 bits per heavy atom. The summed E-state index contributed by atoms with van der Waals surface area (Å²) >= 11 is 4.45. The average molecular weight is 196 g/mol. The summed E-state index contributed by atoms with van der Waals surface area (Å²) in [5.74, 6) is 0. The number of hydrogen-bond donors (Lipinski definition) is 0. The topological polar surface area (TPSA) is 0 Å². The Kier molecular flexibility index (Phi) is 2.39. The van der Waals surface area contributed by atoms with Crippen LogP contribution in [-0.2, 0) is 0 Å². The second-order valence-electron chi connectivity index (χ2n) is 0.962. The van der Waals surface area contributed by atoms with Crippen molar-refractivity contribution in [2.45, 2.75) is 3.08 Å². The van der Waals surface area contributed by atoms with Gasteiger partial charge in [-0.2, -0.15) is 0 Å². The second-order valence-corrected chi connectivity index (χ2v) is 6.04. The van der Waals surface area contributed by atoms with Crippen LogP contribution in [0.4, 0.5) is 0 Å². The summed E-state index contributed by atoms with van der Waals surface area (Å²) in [6.45, 7) is 0. The van der Waals surface area contributed by atoms with Crippen molar-refractivity contribution in [1.29, 1.82) is 0 Å². The molecule has 38 valence electrons. The van der Waals surface area contributed by atoms with Crippen LogP contribution in [0.5, 0.6) is 0 Å². The van der Waals surface area contributed by atoms with Crippen molar-refractivity contribution >= 4 is 37.6 Å². The van der Waals surface area contributed by atoms with Gasteiger partial charge >= 0.3 is 57.3 Å². The van der Waals surface area contributed by atoms with Gasteiger partial charge in [0.1, 0.15) is 0 Å². The van der Waals surface area contributed by atoms with E-state index in [-0.39, 0.29) is 0 Å². The Balaban J connectivity index is 2.76. The van der Waals surface area contributed by atoms with Gasteiger partial charge in [0.2, 0.25) is 0 Å². The molecular formula is C4H5S2Se+. The van der Waals surface area contributed by atoms with E-state index in [1.807, 2.05) is 23.1 Å². The van der Waals surface area contributed by atoms with Gasteiger partial charge in [0.05, 0.1) is 0 Å². The maximum absolute atomic E-state index is 2.25. The van der Waals surface area contributed by atoms with E-state index in [0.29, 0.717) is 14.5 Å². The average Bonchev–Trinajstić information content (AvgIpc) is 2.14. The molecule has 1 heterocycles. The fourth-order valence-electron chi connectivity index (χ4n) is 0.291. The molecule has 0 saturated heterocycles. The van der Waals surface area contributed by atoms with E-state index in [2.05, 4.69) is 16.6 Å². The van der Waals surface area contributed by atoms with Gasteiger partial charge in [-0.3, -0.25) is 0 Å². The van der Waals surface area contributed by atoms with E-state index < -0.39 is 0 Å². The van der Waals surface area contributed by atoms with E-state index >= 15 is 0 Å². The summed E-state index contributed by atoms with van der Waals surface area (Å²) in [7, 11) is 0. The first-order valence-electron chi connectivity index (χ1n) is 1.83. The van der Waals surface area contributed by atoms with Gasteiger partial charge in [0.25, 0.3) is 0 Å². The van der Waals surface area contributed by atoms with Crippen LogP contribution in [0.3, 0.4) is 0 Å². The van der Waals surface area contributed by atoms with Crippen LogP contribution >= 0.6 is 23.1 Å². The molecule has 0 atom stereocenters. The molecule has 0 nitrogen and oxygen atoms in total. The number of hydrogen-bond acceptors (Lipinski definition) is 1. The molecular weight excluding hydrogens is 191 g/mol. The van der Waals surface area contributed by atoms with Gasteiger partial charge in [0.15, 0.2) is 0 Å². The first-order valence-corrected chi connectivity index (χ1v) is 5.78. The van der Waals surface area contributed by atoms with E-state index in [4.69, 9.17) is 0 Å². The molecule has 0 saturated carbocycles. The predicted octanol–water partition coefficient (Wildman–Crippen LogP) is 1.81. The van der Waals surface area contributed by atoms with Gasteiger partial charge in [-0.1, -0.05) is 0 Å². The summed E-state index contributed by atoms with van der Waals surface area (Å²) in [6, 6.07) is 0. The van der Waals surface area contributed by atoms with Gasteiger partial charge in [-0.25, -0.2) is 0 Å². The molecule has 0 aliphatic heterocycles. The third kappa shape index (κ3) is 1.57. The summed E-state index contributed by atoms with van der Waals surface area (Å²) in [5.41, 5.74) is 0. The Hall–Kier alpha value is 0.699. The van der Waals surface area contributed by atoms with Crippen LogP contribution in [0.2, 0.25) is 0 Å². The van der Waals surface area contributed by atoms with E-state index in [9.17, 15) is 0 Å². The zero-order chi connectivity index (χ0) is 5.11. The Labute approximate surface area is 57.3 Å². The third-order valence-corrected chi connectivity index (χ3v) is 6.16. The summed E-state index contributed by atoms with van der Waals surface area (Å²) in [6.07, 6.45) is 2.14. The van der Waals surface area contributed by atoms with E-state index in [1.54, 1.807) is 3.08 Å². The fraction of sp³-hybridized carbons (Fsp3) is 0.250. The SMILES string of the molecule is CSc1[s+]cc[se]1. The van der Waals surface area contributed by atoms with Crippen LogP contribution in [0, 0.1) is 0 Å². The third-order valence-electron chi connectivity index (χ3n) is 0.551. The zero-order valence-electron chi connectivity index (χ0n) is 3.88. The Morgan fingerprint density at radius 1 is 1.86 bits per heavy atom. The second kappa shape index (κ2) is 2.88. The summed E-state index contributed by atoms with van der Waals surface area (Å²) in [4.78, 5) is 2.25.